The van der Waals surface area contributed by atoms with Gasteiger partial charge in [0.05, 0.1) is 13.1 Å². The second-order valence-corrected chi connectivity index (χ2v) is 7.36. The van der Waals surface area contributed by atoms with Gasteiger partial charge in [-0.15, -0.1) is 0 Å². The number of nitrogens with zero attached hydrogens (tertiary/aromatic N) is 2. The molecule has 0 radical (unpaired) electrons. The van der Waals surface area contributed by atoms with Gasteiger partial charge in [0.2, 0.25) is 0 Å². The van der Waals surface area contributed by atoms with Crippen LogP contribution >= 0.6 is 11.8 Å². The van der Waals surface area contributed by atoms with E-state index in [0.717, 1.165) is 39.8 Å². The molecule has 0 saturated carbocycles. The summed E-state index contributed by atoms with van der Waals surface area (Å²) in [7, 11) is 0. The Kier molecular flexibility index (Phi) is 5.35. The van der Waals surface area contributed by atoms with Crippen molar-refractivity contribution in [3.63, 3.8) is 0 Å². The van der Waals surface area contributed by atoms with Crippen LogP contribution in [-0.2, 0) is 0 Å². The van der Waals surface area contributed by atoms with Crippen LogP contribution in [0, 0.1) is 0 Å². The Hall–Kier alpha value is -2.85. The number of Topliss-reactive ketones (excluding diaryl/α,β-unsaturated/α-hetero) is 1. The highest BCUT2D eigenvalue weighted by molar-refractivity contribution is 8.14. The van der Waals surface area contributed by atoms with Crippen molar-refractivity contribution in [3.8, 4) is 11.1 Å². The molecule has 4 heteroatoms. The molecule has 134 valence electrons. The van der Waals surface area contributed by atoms with Gasteiger partial charge in [0.1, 0.15) is 0 Å². The quantitative estimate of drug-likeness (QED) is 0.581. The van der Waals surface area contributed by atoms with E-state index in [1.54, 1.807) is 11.8 Å². The molecule has 0 aliphatic carbocycles. The summed E-state index contributed by atoms with van der Waals surface area (Å²) in [5.74, 6) is 1.06. The summed E-state index contributed by atoms with van der Waals surface area (Å²) < 4.78 is 0. The Bertz CT molecular complexity index is 937. The molecule has 0 N–H and O–H groups in total. The Balaban J connectivity index is 1.54. The Morgan fingerprint density at radius 2 is 1.48 bits per heavy atom. The van der Waals surface area contributed by atoms with Crippen LogP contribution in [0.1, 0.15) is 10.4 Å². The molecule has 3 aromatic carbocycles. The Labute approximate surface area is 163 Å². The lowest BCUT2D eigenvalue weighted by molar-refractivity contribution is 0.100. The Morgan fingerprint density at radius 1 is 0.852 bits per heavy atom. The first-order chi connectivity index (χ1) is 13.3. The number of aliphatic imine (C=N–C) groups is 1. The number of ketones is 1. The van der Waals surface area contributed by atoms with Crippen LogP contribution in [0.3, 0.4) is 0 Å². The summed E-state index contributed by atoms with van der Waals surface area (Å²) in [6, 6.07) is 28.0. The van der Waals surface area contributed by atoms with Gasteiger partial charge in [-0.05, 0) is 23.3 Å². The normalized spacial score (nSPS) is 13.3. The van der Waals surface area contributed by atoms with E-state index in [1.165, 1.54) is 0 Å². The van der Waals surface area contributed by atoms with E-state index in [-0.39, 0.29) is 5.78 Å². The predicted octanol–water partition coefficient (Wildman–Crippen LogP) is 5.15. The number of anilines is 1. The van der Waals surface area contributed by atoms with E-state index in [9.17, 15) is 4.79 Å². The molecule has 4 rings (SSSR count). The van der Waals surface area contributed by atoms with Crippen molar-refractivity contribution in [1.82, 2.24) is 0 Å². The zero-order valence-corrected chi connectivity index (χ0v) is 15.7. The van der Waals surface area contributed by atoms with E-state index in [4.69, 9.17) is 0 Å². The number of benzene rings is 3. The maximum atomic E-state index is 12.9. The molecule has 0 fully saturated rings. The van der Waals surface area contributed by atoms with E-state index in [1.807, 2.05) is 77.7 Å². The van der Waals surface area contributed by atoms with Gasteiger partial charge in [-0.2, -0.15) is 0 Å². The van der Waals surface area contributed by atoms with Crippen molar-refractivity contribution < 1.29 is 4.79 Å². The largest absolute Gasteiger partial charge is 0.313 e. The minimum Gasteiger partial charge on any atom is -0.313 e. The van der Waals surface area contributed by atoms with E-state index < -0.39 is 0 Å². The van der Waals surface area contributed by atoms with Gasteiger partial charge in [0.15, 0.2) is 11.0 Å². The van der Waals surface area contributed by atoms with Gasteiger partial charge in [-0.3, -0.25) is 9.79 Å². The number of para-hydroxylation sites is 1. The first kappa shape index (κ1) is 17.6. The monoisotopic (exact) mass is 372 g/mol. The van der Waals surface area contributed by atoms with E-state index in [0.29, 0.717) is 6.54 Å². The fourth-order valence-electron chi connectivity index (χ4n) is 3.08. The van der Waals surface area contributed by atoms with Crippen LogP contribution < -0.4 is 4.90 Å². The van der Waals surface area contributed by atoms with Crippen molar-refractivity contribution in [2.24, 2.45) is 4.99 Å². The molecule has 0 bridgehead atoms. The van der Waals surface area contributed by atoms with Crippen molar-refractivity contribution in [2.45, 2.75) is 0 Å². The van der Waals surface area contributed by atoms with Gasteiger partial charge < -0.3 is 4.90 Å². The highest BCUT2D eigenvalue weighted by Gasteiger charge is 2.21. The average Bonchev–Trinajstić information content (AvgIpc) is 3.28. The molecule has 1 heterocycles. The molecule has 3 aromatic rings. The van der Waals surface area contributed by atoms with Crippen LogP contribution in [0.15, 0.2) is 89.9 Å². The summed E-state index contributed by atoms with van der Waals surface area (Å²) in [4.78, 5) is 19.5. The van der Waals surface area contributed by atoms with Crippen LogP contribution in [0.2, 0.25) is 0 Å². The number of rotatable bonds is 5. The highest BCUT2D eigenvalue weighted by Crippen LogP contribution is 2.24. The molecule has 0 atom stereocenters. The average molecular weight is 372 g/mol. The molecule has 0 unspecified atom stereocenters. The SMILES string of the molecule is O=C(CN(C1=NCCS1)c1ccccc1)c1ccc(-c2ccccc2)cc1. The third-order valence-corrected chi connectivity index (χ3v) is 5.48. The summed E-state index contributed by atoms with van der Waals surface area (Å²) in [6.45, 7) is 1.10. The third-order valence-electron chi connectivity index (χ3n) is 4.48. The van der Waals surface area contributed by atoms with Gasteiger partial charge >= 0.3 is 0 Å². The fraction of sp³-hybridized carbons (Fsp3) is 0.130. The number of hydrogen-bond donors (Lipinski definition) is 0. The topological polar surface area (TPSA) is 32.7 Å². The van der Waals surface area contributed by atoms with Crippen LogP contribution in [0.4, 0.5) is 5.69 Å². The van der Waals surface area contributed by atoms with E-state index >= 15 is 0 Å². The summed E-state index contributed by atoms with van der Waals surface area (Å²) in [6.07, 6.45) is 0. The standard InChI is InChI=1S/C23H20N2OS/c26-22(20-13-11-19(12-14-20)18-7-3-1-4-8-18)17-25(23-24-15-16-27-23)21-9-5-2-6-10-21/h1-14H,15-17H2. The van der Waals surface area contributed by atoms with Crippen LogP contribution in [-0.4, -0.2) is 29.8 Å². The van der Waals surface area contributed by atoms with Crippen LogP contribution in [0.25, 0.3) is 11.1 Å². The molecule has 0 spiro atoms. The molecule has 0 aromatic heterocycles. The van der Waals surface area contributed by atoms with Gasteiger partial charge in [0.25, 0.3) is 0 Å². The number of thioether (sulfide) groups is 1. The molecule has 0 saturated heterocycles. The lowest BCUT2D eigenvalue weighted by Crippen LogP contribution is -2.33. The van der Waals surface area contributed by atoms with Crippen molar-refractivity contribution >= 4 is 28.4 Å². The minimum absolute atomic E-state index is 0.0914. The molecule has 1 aliphatic heterocycles. The second-order valence-electron chi connectivity index (χ2n) is 6.30. The number of carbonyl (C=O) groups is 1. The van der Waals surface area contributed by atoms with Gasteiger partial charge in [-0.1, -0.05) is 84.6 Å². The van der Waals surface area contributed by atoms with Crippen LogP contribution in [0.5, 0.6) is 0 Å². The zero-order chi connectivity index (χ0) is 18.5. The molecular formula is C23H20N2OS. The molecule has 1 aliphatic rings. The smallest absolute Gasteiger partial charge is 0.182 e. The maximum Gasteiger partial charge on any atom is 0.182 e. The van der Waals surface area contributed by atoms with Crippen molar-refractivity contribution in [2.75, 3.05) is 23.7 Å². The second kappa shape index (κ2) is 8.23. The summed E-state index contributed by atoms with van der Waals surface area (Å²) in [5.41, 5.74) is 3.99. The molecule has 27 heavy (non-hydrogen) atoms. The summed E-state index contributed by atoms with van der Waals surface area (Å²) in [5, 5.41) is 0.926. The zero-order valence-electron chi connectivity index (χ0n) is 14.9. The number of hydrogen-bond acceptors (Lipinski definition) is 4. The molecule has 0 amide bonds. The first-order valence-corrected chi connectivity index (χ1v) is 9.98. The minimum atomic E-state index is 0.0914. The lowest BCUT2D eigenvalue weighted by Gasteiger charge is -2.23. The van der Waals surface area contributed by atoms with E-state index in [2.05, 4.69) is 17.1 Å². The third kappa shape index (κ3) is 4.12. The van der Waals surface area contributed by atoms with Crippen molar-refractivity contribution in [3.05, 3.63) is 90.5 Å². The Morgan fingerprint density at radius 3 is 2.11 bits per heavy atom. The van der Waals surface area contributed by atoms with Gasteiger partial charge in [-0.25, -0.2) is 0 Å². The maximum absolute atomic E-state index is 12.9. The predicted molar refractivity (Wildman–Crippen MR) is 115 cm³/mol. The lowest BCUT2D eigenvalue weighted by atomic mass is 10.0. The molecular weight excluding hydrogens is 352 g/mol. The molecule has 3 nitrogen and oxygen atoms in total. The fourth-order valence-corrected chi connectivity index (χ4v) is 3.95. The van der Waals surface area contributed by atoms with Crippen molar-refractivity contribution in [1.29, 1.82) is 0 Å². The summed E-state index contributed by atoms with van der Waals surface area (Å²) >= 11 is 1.71. The number of carbonyl (C=O) groups excluding carboxylic acids is 1. The van der Waals surface area contributed by atoms with Gasteiger partial charge in [0, 0.05) is 17.0 Å². The first-order valence-electron chi connectivity index (χ1n) is 9.00. The highest BCUT2D eigenvalue weighted by atomic mass is 32.2. The number of amidine groups is 1.